The van der Waals surface area contributed by atoms with Crippen LogP contribution in [-0.4, -0.2) is 24.9 Å². The number of carbonyl (C=O) groups excluding carboxylic acids is 2. The van der Waals surface area contributed by atoms with E-state index in [-0.39, 0.29) is 18.5 Å². The third-order valence-corrected chi connectivity index (χ3v) is 1.27. The Hall–Kier alpha value is -1.32. The van der Waals surface area contributed by atoms with Gasteiger partial charge < -0.3 is 10.6 Å². The Bertz CT molecular complexity index is 168. The van der Waals surface area contributed by atoms with Gasteiger partial charge in [-0.05, 0) is 13.3 Å². The van der Waals surface area contributed by atoms with Gasteiger partial charge in [-0.3, -0.25) is 9.59 Å². The number of amides is 2. The molecule has 0 aromatic carbocycles. The third kappa shape index (κ3) is 5.46. The first kappa shape index (κ1) is 10.7. The van der Waals surface area contributed by atoms with Crippen molar-refractivity contribution >= 4 is 12.3 Å². The quantitative estimate of drug-likeness (QED) is 0.429. The molecule has 0 spiro atoms. The lowest BCUT2D eigenvalue weighted by Crippen LogP contribution is -2.38. The van der Waals surface area contributed by atoms with Crippen LogP contribution in [0.5, 0.6) is 0 Å². The fraction of sp³-hybridized carbons (Fsp3) is 0.500. The van der Waals surface area contributed by atoms with E-state index in [4.69, 9.17) is 0 Å². The second-order valence-electron chi connectivity index (χ2n) is 2.49. The van der Waals surface area contributed by atoms with Crippen LogP contribution in [0.3, 0.4) is 0 Å². The molecule has 0 saturated heterocycles. The summed E-state index contributed by atoms with van der Waals surface area (Å²) in [4.78, 5) is 20.7. The molecule has 0 aromatic rings. The second-order valence-corrected chi connectivity index (χ2v) is 2.49. The summed E-state index contributed by atoms with van der Waals surface area (Å²) in [5.74, 6) is -0.184. The largest absolute Gasteiger partial charge is 0.352 e. The molecule has 2 N–H and O–H groups in total. The molecule has 0 aliphatic rings. The van der Waals surface area contributed by atoms with Crippen molar-refractivity contribution in [2.75, 3.05) is 6.54 Å². The summed E-state index contributed by atoms with van der Waals surface area (Å²) in [5, 5.41) is 4.96. The smallest absolute Gasteiger partial charge is 0.239 e. The van der Waals surface area contributed by atoms with Crippen molar-refractivity contribution in [3.8, 4) is 0 Å². The molecular formula is C8H14N2O2. The van der Waals surface area contributed by atoms with E-state index in [9.17, 15) is 9.59 Å². The molecule has 0 bridgehead atoms. The maximum atomic E-state index is 10.9. The fourth-order valence-electron chi connectivity index (χ4n) is 0.769. The Balaban J connectivity index is 3.53. The molecule has 1 atom stereocenters. The van der Waals surface area contributed by atoms with Gasteiger partial charge in [0.25, 0.3) is 0 Å². The number of nitrogens with one attached hydrogen (secondary N) is 2. The van der Waals surface area contributed by atoms with Gasteiger partial charge >= 0.3 is 0 Å². The minimum absolute atomic E-state index is 0.0327. The van der Waals surface area contributed by atoms with Gasteiger partial charge in [0.05, 0.1) is 6.54 Å². The summed E-state index contributed by atoms with van der Waals surface area (Å²) >= 11 is 0. The van der Waals surface area contributed by atoms with Crippen LogP contribution >= 0.6 is 0 Å². The van der Waals surface area contributed by atoms with Crippen molar-refractivity contribution in [3.63, 3.8) is 0 Å². The molecule has 1 unspecified atom stereocenters. The highest BCUT2D eigenvalue weighted by Gasteiger charge is 2.03. The average molecular weight is 170 g/mol. The summed E-state index contributed by atoms with van der Waals surface area (Å²) < 4.78 is 0. The lowest BCUT2D eigenvalue weighted by molar-refractivity contribution is -0.122. The molecule has 0 aromatic heterocycles. The van der Waals surface area contributed by atoms with Crippen molar-refractivity contribution in [1.29, 1.82) is 0 Å². The topological polar surface area (TPSA) is 58.2 Å². The van der Waals surface area contributed by atoms with E-state index in [0.717, 1.165) is 6.42 Å². The van der Waals surface area contributed by atoms with Gasteiger partial charge in [-0.15, -0.1) is 6.58 Å². The van der Waals surface area contributed by atoms with Crippen molar-refractivity contribution in [2.45, 2.75) is 19.4 Å². The third-order valence-electron chi connectivity index (χ3n) is 1.27. The Kier molecular flexibility index (Phi) is 5.69. The number of hydrogen-bond donors (Lipinski definition) is 2. The van der Waals surface area contributed by atoms with E-state index in [1.165, 1.54) is 0 Å². The number of hydrogen-bond acceptors (Lipinski definition) is 2. The average Bonchev–Trinajstić information content (AvgIpc) is 2.01. The summed E-state index contributed by atoms with van der Waals surface area (Å²) in [6, 6.07) is 0.0726. The molecule has 0 heterocycles. The standard InChI is InChI=1S/C8H14N2O2/c1-3-4-7(2)10-8(12)5-9-6-11/h3,6-7H,1,4-5H2,2H3,(H,9,11)(H,10,12). The molecule has 4 nitrogen and oxygen atoms in total. The zero-order valence-electron chi connectivity index (χ0n) is 7.17. The Morgan fingerprint density at radius 1 is 1.67 bits per heavy atom. The first-order chi connectivity index (χ1) is 5.70. The van der Waals surface area contributed by atoms with Gasteiger partial charge in [-0.2, -0.15) is 0 Å². The first-order valence-electron chi connectivity index (χ1n) is 3.78. The molecule has 0 radical (unpaired) electrons. The van der Waals surface area contributed by atoms with Crippen molar-refractivity contribution < 1.29 is 9.59 Å². The number of carbonyl (C=O) groups is 2. The van der Waals surface area contributed by atoms with E-state index in [1.807, 2.05) is 6.92 Å². The van der Waals surface area contributed by atoms with Crippen molar-refractivity contribution in [1.82, 2.24) is 10.6 Å². The monoisotopic (exact) mass is 170 g/mol. The van der Waals surface area contributed by atoms with Gasteiger partial charge in [-0.1, -0.05) is 6.08 Å². The van der Waals surface area contributed by atoms with Crippen LogP contribution in [0.25, 0.3) is 0 Å². The molecule has 0 aliphatic heterocycles. The van der Waals surface area contributed by atoms with Crippen LogP contribution in [0.2, 0.25) is 0 Å². The van der Waals surface area contributed by atoms with Crippen LogP contribution in [0.15, 0.2) is 12.7 Å². The van der Waals surface area contributed by atoms with E-state index in [0.29, 0.717) is 6.41 Å². The van der Waals surface area contributed by atoms with E-state index < -0.39 is 0 Å². The van der Waals surface area contributed by atoms with Crippen LogP contribution in [0.4, 0.5) is 0 Å². The van der Waals surface area contributed by atoms with Gasteiger partial charge in [0.2, 0.25) is 12.3 Å². The molecule has 2 amide bonds. The molecule has 4 heteroatoms. The van der Waals surface area contributed by atoms with Crippen LogP contribution < -0.4 is 10.6 Å². The highest BCUT2D eigenvalue weighted by molar-refractivity contribution is 5.79. The highest BCUT2D eigenvalue weighted by Crippen LogP contribution is 1.89. The van der Waals surface area contributed by atoms with Crippen molar-refractivity contribution in [2.24, 2.45) is 0 Å². The molecule has 0 saturated carbocycles. The zero-order chi connectivity index (χ0) is 9.40. The Morgan fingerprint density at radius 3 is 2.83 bits per heavy atom. The summed E-state index contributed by atoms with van der Waals surface area (Å²) in [6.07, 6.45) is 2.96. The molecule has 0 aliphatic carbocycles. The predicted molar refractivity (Wildman–Crippen MR) is 46.5 cm³/mol. The number of rotatable bonds is 6. The molecular weight excluding hydrogens is 156 g/mol. The molecule has 0 rings (SSSR count). The van der Waals surface area contributed by atoms with Crippen molar-refractivity contribution in [3.05, 3.63) is 12.7 Å². The fourth-order valence-corrected chi connectivity index (χ4v) is 0.769. The Labute approximate surface area is 72.0 Å². The Morgan fingerprint density at radius 2 is 2.33 bits per heavy atom. The van der Waals surface area contributed by atoms with Gasteiger partial charge in [0.15, 0.2) is 0 Å². The normalized spacial score (nSPS) is 11.4. The summed E-state index contributed by atoms with van der Waals surface area (Å²) in [6.45, 7) is 5.46. The SMILES string of the molecule is C=CCC(C)NC(=O)CNC=O. The molecule has 68 valence electrons. The highest BCUT2D eigenvalue weighted by atomic mass is 16.2. The summed E-state index contributed by atoms with van der Waals surface area (Å²) in [5.41, 5.74) is 0. The van der Waals surface area contributed by atoms with Crippen LogP contribution in [0, 0.1) is 0 Å². The summed E-state index contributed by atoms with van der Waals surface area (Å²) in [7, 11) is 0. The lowest BCUT2D eigenvalue weighted by atomic mass is 10.2. The minimum Gasteiger partial charge on any atom is -0.352 e. The van der Waals surface area contributed by atoms with Crippen LogP contribution in [0.1, 0.15) is 13.3 Å². The molecule has 0 fully saturated rings. The predicted octanol–water partition coefficient (Wildman–Crippen LogP) is -0.187. The first-order valence-corrected chi connectivity index (χ1v) is 3.78. The minimum atomic E-state index is -0.184. The van der Waals surface area contributed by atoms with E-state index in [1.54, 1.807) is 6.08 Å². The second kappa shape index (κ2) is 6.39. The zero-order valence-corrected chi connectivity index (χ0v) is 7.17. The maximum absolute atomic E-state index is 10.9. The van der Waals surface area contributed by atoms with E-state index >= 15 is 0 Å². The van der Waals surface area contributed by atoms with Gasteiger partial charge in [-0.25, -0.2) is 0 Å². The maximum Gasteiger partial charge on any atom is 0.239 e. The van der Waals surface area contributed by atoms with Gasteiger partial charge in [0, 0.05) is 6.04 Å². The lowest BCUT2D eigenvalue weighted by Gasteiger charge is -2.10. The van der Waals surface area contributed by atoms with E-state index in [2.05, 4.69) is 17.2 Å². The molecule has 12 heavy (non-hydrogen) atoms. The van der Waals surface area contributed by atoms with Crippen LogP contribution in [-0.2, 0) is 9.59 Å². The van der Waals surface area contributed by atoms with Gasteiger partial charge in [0.1, 0.15) is 0 Å².